The van der Waals surface area contributed by atoms with Crippen LogP contribution in [0.25, 0.3) is 0 Å². The number of hydrogen-bond donors (Lipinski definition) is 1. The van der Waals surface area contributed by atoms with Crippen molar-refractivity contribution in [2.75, 3.05) is 25.4 Å². The van der Waals surface area contributed by atoms with Crippen LogP contribution in [0, 0.1) is 11.3 Å². The third-order valence-corrected chi connectivity index (χ3v) is 3.34. The van der Waals surface area contributed by atoms with E-state index in [1.165, 1.54) is 14.1 Å². The number of nitriles is 1. The Labute approximate surface area is 101 Å². The lowest BCUT2D eigenvalue weighted by atomic mass is 10.3. The van der Waals surface area contributed by atoms with Gasteiger partial charge >= 0.3 is 10.2 Å². The first-order valence-electron chi connectivity index (χ1n) is 4.76. The van der Waals surface area contributed by atoms with Crippen molar-refractivity contribution in [1.29, 1.82) is 5.26 Å². The summed E-state index contributed by atoms with van der Waals surface area (Å²) in [5, 5.41) is 8.32. The quantitative estimate of drug-likeness (QED) is 0.844. The fourth-order valence-corrected chi connectivity index (χ4v) is 1.59. The second-order valence-electron chi connectivity index (χ2n) is 3.36. The highest BCUT2D eigenvalue weighted by molar-refractivity contribution is 7.90. The number of rotatable bonds is 5. The van der Waals surface area contributed by atoms with E-state index in [0.717, 1.165) is 4.31 Å². The molecular formula is C10H13N3O3S. The van der Waals surface area contributed by atoms with Gasteiger partial charge in [0.1, 0.15) is 11.8 Å². The Bertz CT molecular complexity index is 503. The van der Waals surface area contributed by atoms with E-state index in [9.17, 15) is 8.42 Å². The molecule has 1 N–H and O–H groups in total. The molecule has 0 saturated heterocycles. The summed E-state index contributed by atoms with van der Waals surface area (Å²) in [5.41, 5.74) is 0.433. The maximum absolute atomic E-state index is 11.5. The standard InChI is InChI=1S/C10H13N3O3S/c1-13(2)17(14,15)12-9-3-5-10(6-4-9)16-8-7-11/h3-6,12H,8H2,1-2H3. The van der Waals surface area contributed by atoms with Crippen LogP contribution in [0.15, 0.2) is 24.3 Å². The van der Waals surface area contributed by atoms with Crippen LogP contribution in [0.1, 0.15) is 0 Å². The highest BCUT2D eigenvalue weighted by atomic mass is 32.2. The van der Waals surface area contributed by atoms with E-state index >= 15 is 0 Å². The lowest BCUT2D eigenvalue weighted by molar-refractivity contribution is 0.368. The van der Waals surface area contributed by atoms with Crippen molar-refractivity contribution in [2.45, 2.75) is 0 Å². The summed E-state index contributed by atoms with van der Waals surface area (Å²) >= 11 is 0. The zero-order valence-corrected chi connectivity index (χ0v) is 10.4. The Morgan fingerprint density at radius 2 is 1.94 bits per heavy atom. The molecule has 0 aliphatic carbocycles. The summed E-state index contributed by atoms with van der Waals surface area (Å²) < 4.78 is 31.5. The largest absolute Gasteiger partial charge is 0.479 e. The van der Waals surface area contributed by atoms with E-state index in [0.29, 0.717) is 11.4 Å². The summed E-state index contributed by atoms with van der Waals surface area (Å²) in [7, 11) is -0.616. The van der Waals surface area contributed by atoms with Gasteiger partial charge in [-0.1, -0.05) is 0 Å². The first-order chi connectivity index (χ1) is 7.95. The molecule has 0 unspecified atom stereocenters. The molecular weight excluding hydrogens is 242 g/mol. The Hall–Kier alpha value is -1.78. The third kappa shape index (κ3) is 3.94. The van der Waals surface area contributed by atoms with Crippen LogP contribution in [0.4, 0.5) is 5.69 Å². The predicted molar refractivity (Wildman–Crippen MR) is 63.8 cm³/mol. The van der Waals surface area contributed by atoms with Crippen LogP contribution < -0.4 is 9.46 Å². The Morgan fingerprint density at radius 3 is 2.41 bits per heavy atom. The maximum Gasteiger partial charge on any atom is 0.301 e. The van der Waals surface area contributed by atoms with E-state index in [1.807, 2.05) is 6.07 Å². The summed E-state index contributed by atoms with van der Waals surface area (Å²) in [4.78, 5) is 0. The summed E-state index contributed by atoms with van der Waals surface area (Å²) in [6.45, 7) is -0.0389. The zero-order valence-electron chi connectivity index (χ0n) is 9.54. The molecule has 92 valence electrons. The molecule has 0 atom stereocenters. The molecule has 0 fully saturated rings. The molecule has 0 aromatic heterocycles. The molecule has 0 aliphatic heterocycles. The van der Waals surface area contributed by atoms with Gasteiger partial charge < -0.3 is 4.74 Å². The Balaban J connectivity index is 2.73. The molecule has 0 saturated carbocycles. The van der Waals surface area contributed by atoms with E-state index in [4.69, 9.17) is 10.00 Å². The van der Waals surface area contributed by atoms with Crippen molar-refractivity contribution in [3.63, 3.8) is 0 Å². The number of nitrogens with one attached hydrogen (secondary N) is 1. The van der Waals surface area contributed by atoms with Gasteiger partial charge in [0.05, 0.1) is 5.69 Å². The number of ether oxygens (including phenoxy) is 1. The molecule has 0 heterocycles. The third-order valence-electron chi connectivity index (χ3n) is 1.89. The molecule has 17 heavy (non-hydrogen) atoms. The van der Waals surface area contributed by atoms with Crippen molar-refractivity contribution >= 4 is 15.9 Å². The minimum absolute atomic E-state index is 0.0389. The molecule has 0 spiro atoms. The highest BCUT2D eigenvalue weighted by Gasteiger charge is 2.12. The molecule has 1 aromatic rings. The second-order valence-corrected chi connectivity index (χ2v) is 5.25. The van der Waals surface area contributed by atoms with Crippen molar-refractivity contribution in [3.05, 3.63) is 24.3 Å². The number of benzene rings is 1. The number of anilines is 1. The predicted octanol–water partition coefficient (Wildman–Crippen LogP) is 0.807. The minimum atomic E-state index is -3.49. The van der Waals surface area contributed by atoms with Crippen LogP contribution in [0.5, 0.6) is 5.75 Å². The van der Waals surface area contributed by atoms with Gasteiger partial charge in [0.25, 0.3) is 0 Å². The molecule has 0 radical (unpaired) electrons. The van der Waals surface area contributed by atoms with Crippen LogP contribution in [0.3, 0.4) is 0 Å². The normalized spacial score (nSPS) is 10.9. The molecule has 0 aliphatic rings. The van der Waals surface area contributed by atoms with Gasteiger partial charge in [-0.25, -0.2) is 0 Å². The Kier molecular flexibility index (Phi) is 4.31. The molecule has 0 bridgehead atoms. The van der Waals surface area contributed by atoms with Gasteiger partial charge in [-0.3, -0.25) is 4.72 Å². The minimum Gasteiger partial charge on any atom is -0.479 e. The van der Waals surface area contributed by atoms with Crippen LogP contribution in [-0.2, 0) is 10.2 Å². The van der Waals surface area contributed by atoms with E-state index in [2.05, 4.69) is 4.72 Å². The van der Waals surface area contributed by atoms with Crippen LogP contribution in [0.2, 0.25) is 0 Å². The zero-order chi connectivity index (χ0) is 12.9. The number of hydrogen-bond acceptors (Lipinski definition) is 4. The fraction of sp³-hybridized carbons (Fsp3) is 0.300. The van der Waals surface area contributed by atoms with E-state index in [-0.39, 0.29) is 6.61 Å². The average Bonchev–Trinajstić information content (AvgIpc) is 2.27. The van der Waals surface area contributed by atoms with E-state index < -0.39 is 10.2 Å². The first-order valence-corrected chi connectivity index (χ1v) is 6.20. The fourth-order valence-electron chi connectivity index (χ4n) is 0.975. The Morgan fingerprint density at radius 1 is 1.35 bits per heavy atom. The SMILES string of the molecule is CN(C)S(=O)(=O)Nc1ccc(OCC#N)cc1. The van der Waals surface area contributed by atoms with Gasteiger partial charge in [-0.15, -0.1) is 0 Å². The second kappa shape index (κ2) is 5.52. The first kappa shape index (κ1) is 13.3. The smallest absolute Gasteiger partial charge is 0.301 e. The van der Waals surface area contributed by atoms with Crippen molar-refractivity contribution in [2.24, 2.45) is 0 Å². The van der Waals surface area contributed by atoms with Gasteiger partial charge in [-0.2, -0.15) is 18.0 Å². The lowest BCUT2D eigenvalue weighted by Crippen LogP contribution is -2.28. The molecule has 7 heteroatoms. The summed E-state index contributed by atoms with van der Waals surface area (Å²) in [5.74, 6) is 0.513. The topological polar surface area (TPSA) is 82.4 Å². The molecule has 1 rings (SSSR count). The van der Waals surface area contributed by atoms with Gasteiger partial charge in [0.15, 0.2) is 6.61 Å². The number of nitrogens with zero attached hydrogens (tertiary/aromatic N) is 2. The van der Waals surface area contributed by atoms with Crippen LogP contribution in [-0.4, -0.2) is 33.4 Å². The summed E-state index contributed by atoms with van der Waals surface area (Å²) in [6.07, 6.45) is 0. The molecule has 1 aromatic carbocycles. The van der Waals surface area contributed by atoms with Crippen molar-refractivity contribution < 1.29 is 13.2 Å². The van der Waals surface area contributed by atoms with Gasteiger partial charge in [0, 0.05) is 14.1 Å². The molecule has 6 nitrogen and oxygen atoms in total. The average molecular weight is 255 g/mol. The van der Waals surface area contributed by atoms with Crippen LogP contribution >= 0.6 is 0 Å². The van der Waals surface area contributed by atoms with Gasteiger partial charge in [-0.05, 0) is 24.3 Å². The highest BCUT2D eigenvalue weighted by Crippen LogP contribution is 2.16. The monoisotopic (exact) mass is 255 g/mol. The maximum atomic E-state index is 11.5. The lowest BCUT2D eigenvalue weighted by Gasteiger charge is -2.13. The van der Waals surface area contributed by atoms with Gasteiger partial charge in [0.2, 0.25) is 0 Å². The van der Waals surface area contributed by atoms with E-state index in [1.54, 1.807) is 24.3 Å². The van der Waals surface area contributed by atoms with Crippen molar-refractivity contribution in [3.8, 4) is 11.8 Å². The summed E-state index contributed by atoms with van der Waals surface area (Å²) in [6, 6.07) is 8.15. The van der Waals surface area contributed by atoms with Crippen molar-refractivity contribution in [1.82, 2.24) is 4.31 Å². The molecule has 0 amide bonds.